The van der Waals surface area contributed by atoms with Crippen molar-refractivity contribution >= 4 is 17.9 Å². The van der Waals surface area contributed by atoms with Gasteiger partial charge in [0.15, 0.2) is 0 Å². The number of terminal acetylenes is 1. The Bertz CT molecular complexity index is 1180. The fourth-order valence-corrected chi connectivity index (χ4v) is 4.09. The molecule has 2 atom stereocenters. The Morgan fingerprint density at radius 1 is 1.08 bits per heavy atom. The van der Waals surface area contributed by atoms with Crippen molar-refractivity contribution in [3.63, 3.8) is 0 Å². The van der Waals surface area contributed by atoms with Crippen molar-refractivity contribution in [1.82, 2.24) is 15.5 Å². The van der Waals surface area contributed by atoms with Crippen LogP contribution in [0.5, 0.6) is 5.75 Å². The molecule has 3 amide bonds. The molecule has 0 bridgehead atoms. The van der Waals surface area contributed by atoms with Gasteiger partial charge < -0.3 is 20.5 Å². The fraction of sp³-hybridized carbons (Fsp3) is 0.452. The Kier molecular flexibility index (Phi) is 11.4. The van der Waals surface area contributed by atoms with Gasteiger partial charge in [-0.25, -0.2) is 4.79 Å². The SMILES string of the molecule is C#CN(C(=O)C(Cc1ccc(O)cc1)NC(=O)OC(C)(C)C)C(C(=O)NCCCCC)c1cc(C)ccc1C. The molecule has 0 aliphatic rings. The number of rotatable bonds is 11. The van der Waals surface area contributed by atoms with Gasteiger partial charge in [0, 0.05) is 19.0 Å². The summed E-state index contributed by atoms with van der Waals surface area (Å²) in [6, 6.07) is 12.1. The van der Waals surface area contributed by atoms with Crippen molar-refractivity contribution in [2.24, 2.45) is 0 Å². The van der Waals surface area contributed by atoms with Gasteiger partial charge in [-0.3, -0.25) is 14.5 Å². The van der Waals surface area contributed by atoms with E-state index >= 15 is 0 Å². The van der Waals surface area contributed by atoms with Crippen molar-refractivity contribution in [3.8, 4) is 18.2 Å². The van der Waals surface area contributed by atoms with Crippen LogP contribution in [0.1, 0.15) is 75.3 Å². The minimum Gasteiger partial charge on any atom is -0.508 e. The normalized spacial score (nSPS) is 12.5. The van der Waals surface area contributed by atoms with Crippen molar-refractivity contribution in [2.45, 2.75) is 84.9 Å². The molecule has 8 nitrogen and oxygen atoms in total. The summed E-state index contributed by atoms with van der Waals surface area (Å²) >= 11 is 0. The number of phenols is 1. The van der Waals surface area contributed by atoms with E-state index in [-0.39, 0.29) is 12.2 Å². The van der Waals surface area contributed by atoms with E-state index in [1.165, 1.54) is 12.1 Å². The van der Waals surface area contributed by atoms with Gasteiger partial charge in [-0.15, -0.1) is 0 Å². The van der Waals surface area contributed by atoms with Crippen LogP contribution in [-0.2, 0) is 20.7 Å². The first-order valence-electron chi connectivity index (χ1n) is 13.3. The molecule has 2 unspecified atom stereocenters. The first-order valence-corrected chi connectivity index (χ1v) is 13.3. The van der Waals surface area contributed by atoms with E-state index in [2.05, 4.69) is 23.6 Å². The number of aryl methyl sites for hydroxylation is 2. The molecule has 8 heteroatoms. The molecule has 2 aromatic rings. The number of aromatic hydroxyl groups is 1. The first kappa shape index (κ1) is 31.2. The van der Waals surface area contributed by atoms with E-state index in [4.69, 9.17) is 11.2 Å². The van der Waals surface area contributed by atoms with E-state index in [9.17, 15) is 19.5 Å². The molecule has 0 saturated heterocycles. The van der Waals surface area contributed by atoms with Gasteiger partial charge in [-0.05, 0) is 69.9 Å². The number of unbranched alkanes of at least 4 members (excludes halogenated alkanes) is 2. The minimum absolute atomic E-state index is 0.0637. The summed E-state index contributed by atoms with van der Waals surface area (Å²) < 4.78 is 5.40. The van der Waals surface area contributed by atoms with Crippen LogP contribution in [0.3, 0.4) is 0 Å². The summed E-state index contributed by atoms with van der Waals surface area (Å²) in [6.45, 7) is 11.4. The maximum absolute atomic E-state index is 14.0. The summed E-state index contributed by atoms with van der Waals surface area (Å²) in [5.41, 5.74) is 2.21. The van der Waals surface area contributed by atoms with E-state index < -0.39 is 35.6 Å². The predicted octanol–water partition coefficient (Wildman–Crippen LogP) is 4.91. The molecule has 210 valence electrons. The molecule has 2 aromatic carbocycles. The van der Waals surface area contributed by atoms with E-state index in [0.717, 1.165) is 35.3 Å². The third-order valence-corrected chi connectivity index (χ3v) is 6.06. The van der Waals surface area contributed by atoms with Crippen LogP contribution in [0, 0.1) is 26.3 Å². The topological polar surface area (TPSA) is 108 Å². The lowest BCUT2D eigenvalue weighted by atomic mass is 9.96. The zero-order valence-corrected chi connectivity index (χ0v) is 23.8. The van der Waals surface area contributed by atoms with Crippen LogP contribution < -0.4 is 10.6 Å². The second-order valence-electron chi connectivity index (χ2n) is 10.7. The molecule has 0 aliphatic heterocycles. The number of alkyl carbamates (subject to hydrolysis) is 1. The monoisotopic (exact) mass is 535 g/mol. The van der Waals surface area contributed by atoms with E-state index in [1.54, 1.807) is 32.9 Å². The van der Waals surface area contributed by atoms with Gasteiger partial charge in [-0.2, -0.15) is 0 Å². The average molecular weight is 536 g/mol. The smallest absolute Gasteiger partial charge is 0.408 e. The Morgan fingerprint density at radius 2 is 1.74 bits per heavy atom. The molecule has 0 spiro atoms. The number of ether oxygens (including phenoxy) is 1. The van der Waals surface area contributed by atoms with Crippen LogP contribution in [0.2, 0.25) is 0 Å². The second kappa shape index (κ2) is 14.2. The number of phenolic OH excluding ortho intramolecular Hbond substituents is 1. The van der Waals surface area contributed by atoms with Gasteiger partial charge in [-0.1, -0.05) is 62.1 Å². The number of benzene rings is 2. The van der Waals surface area contributed by atoms with Crippen LogP contribution >= 0.6 is 0 Å². The predicted molar refractivity (Wildman–Crippen MR) is 152 cm³/mol. The van der Waals surface area contributed by atoms with Crippen LogP contribution in [0.25, 0.3) is 0 Å². The highest BCUT2D eigenvalue weighted by molar-refractivity contribution is 5.93. The van der Waals surface area contributed by atoms with Crippen LogP contribution in [-0.4, -0.2) is 46.1 Å². The molecule has 0 heterocycles. The summed E-state index contributed by atoms with van der Waals surface area (Å²) in [5, 5.41) is 15.2. The van der Waals surface area contributed by atoms with Gasteiger partial charge in [0.1, 0.15) is 23.4 Å². The quantitative estimate of drug-likeness (QED) is 0.215. The molecule has 39 heavy (non-hydrogen) atoms. The molecule has 0 fully saturated rings. The van der Waals surface area contributed by atoms with Gasteiger partial charge in [0.2, 0.25) is 5.91 Å². The number of nitrogens with one attached hydrogen (secondary N) is 2. The lowest BCUT2D eigenvalue weighted by Gasteiger charge is -2.31. The summed E-state index contributed by atoms with van der Waals surface area (Å²) in [4.78, 5) is 41.4. The maximum Gasteiger partial charge on any atom is 0.408 e. The lowest BCUT2D eigenvalue weighted by molar-refractivity contribution is -0.138. The Balaban J connectivity index is 2.49. The Morgan fingerprint density at radius 3 is 2.33 bits per heavy atom. The molecule has 2 rings (SSSR count). The highest BCUT2D eigenvalue weighted by Gasteiger charge is 2.36. The van der Waals surface area contributed by atoms with Gasteiger partial charge in [0.05, 0.1) is 0 Å². The van der Waals surface area contributed by atoms with E-state index in [1.807, 2.05) is 32.0 Å². The second-order valence-corrected chi connectivity index (χ2v) is 10.7. The number of hydrogen-bond donors (Lipinski definition) is 3. The average Bonchev–Trinajstić information content (AvgIpc) is 2.86. The van der Waals surface area contributed by atoms with Crippen molar-refractivity contribution in [1.29, 1.82) is 0 Å². The number of amides is 3. The number of carbonyl (C=O) groups excluding carboxylic acids is 3. The van der Waals surface area contributed by atoms with Crippen LogP contribution in [0.4, 0.5) is 4.79 Å². The summed E-state index contributed by atoms with van der Waals surface area (Å²) in [5.74, 6) is -0.959. The lowest BCUT2D eigenvalue weighted by Crippen LogP contribution is -2.52. The summed E-state index contributed by atoms with van der Waals surface area (Å²) in [6.07, 6.45) is 7.93. The Hall–Kier alpha value is -3.99. The zero-order chi connectivity index (χ0) is 29.2. The first-order chi connectivity index (χ1) is 18.4. The van der Waals surface area contributed by atoms with Gasteiger partial charge >= 0.3 is 6.09 Å². The van der Waals surface area contributed by atoms with Crippen molar-refractivity contribution in [2.75, 3.05) is 6.54 Å². The molecular formula is C31H41N3O5. The highest BCUT2D eigenvalue weighted by Crippen LogP contribution is 2.27. The number of hydrogen-bond acceptors (Lipinski definition) is 5. The molecule has 0 saturated carbocycles. The standard InChI is InChI=1S/C31H41N3O5/c1-8-10-11-18-32-28(36)27(25-19-21(3)12-13-22(25)4)34(9-2)29(37)26(33-30(38)39-31(5,6)7)20-23-14-16-24(35)17-15-23/h2,12-17,19,26-27,35H,8,10-11,18,20H2,1,3-7H3,(H,32,36)(H,33,38). The molecule has 0 aliphatic carbocycles. The Labute approximate surface area is 232 Å². The molecular weight excluding hydrogens is 494 g/mol. The molecule has 3 N–H and O–H groups in total. The van der Waals surface area contributed by atoms with Crippen molar-refractivity contribution < 1.29 is 24.2 Å². The zero-order valence-electron chi connectivity index (χ0n) is 23.8. The van der Waals surface area contributed by atoms with E-state index in [0.29, 0.717) is 17.7 Å². The highest BCUT2D eigenvalue weighted by atomic mass is 16.6. The minimum atomic E-state index is -1.14. The third kappa shape index (κ3) is 9.68. The summed E-state index contributed by atoms with van der Waals surface area (Å²) in [7, 11) is 0. The van der Waals surface area contributed by atoms with Crippen LogP contribution in [0.15, 0.2) is 42.5 Å². The van der Waals surface area contributed by atoms with Crippen molar-refractivity contribution in [3.05, 3.63) is 64.7 Å². The largest absolute Gasteiger partial charge is 0.508 e. The molecule has 0 aromatic heterocycles. The van der Waals surface area contributed by atoms with Gasteiger partial charge in [0.25, 0.3) is 5.91 Å². The third-order valence-electron chi connectivity index (χ3n) is 6.06. The number of nitrogens with zero attached hydrogens (tertiary/aromatic N) is 1. The fourth-order valence-electron chi connectivity index (χ4n) is 4.09. The molecule has 0 radical (unpaired) electrons. The number of carbonyl (C=O) groups is 3. The maximum atomic E-state index is 14.0.